The molecule has 0 aromatic heterocycles. The van der Waals surface area contributed by atoms with Crippen molar-refractivity contribution < 1.29 is 14.3 Å². The van der Waals surface area contributed by atoms with Crippen molar-refractivity contribution in [2.75, 3.05) is 11.9 Å². The lowest BCUT2D eigenvalue weighted by atomic mass is 10.0. The van der Waals surface area contributed by atoms with E-state index in [-0.39, 0.29) is 5.57 Å². The van der Waals surface area contributed by atoms with Gasteiger partial charge in [-0.25, -0.2) is 0 Å². The van der Waals surface area contributed by atoms with Gasteiger partial charge in [0.25, 0.3) is 5.91 Å². The Morgan fingerprint density at radius 2 is 1.69 bits per heavy atom. The van der Waals surface area contributed by atoms with Crippen LogP contribution in [0.15, 0.2) is 90.5 Å². The van der Waals surface area contributed by atoms with E-state index >= 15 is 0 Å². The number of ether oxygens (including phenoxy) is 2. The summed E-state index contributed by atoms with van der Waals surface area (Å²) in [6, 6.07) is 28.9. The molecule has 0 fully saturated rings. The van der Waals surface area contributed by atoms with E-state index in [0.29, 0.717) is 36.0 Å². The Kier molecular flexibility index (Phi) is 7.44. The van der Waals surface area contributed by atoms with Crippen LogP contribution < -0.4 is 14.8 Å². The quantitative estimate of drug-likeness (QED) is 0.234. The Hall–Kier alpha value is -4.56. The van der Waals surface area contributed by atoms with Gasteiger partial charge in [-0.15, -0.1) is 0 Å². The Balaban J connectivity index is 1.49. The van der Waals surface area contributed by atoms with Crippen molar-refractivity contribution in [3.63, 3.8) is 0 Å². The SMILES string of the molecule is CCOc1ccc2ccccc2c1/C=C(\C#N)C(=O)Nc1ccc(OCc2ccc(C)cc2)cc1. The molecule has 0 bridgehead atoms. The topological polar surface area (TPSA) is 71.3 Å². The molecule has 0 heterocycles. The van der Waals surface area contributed by atoms with Crippen molar-refractivity contribution in [3.8, 4) is 17.6 Å². The monoisotopic (exact) mass is 462 g/mol. The minimum absolute atomic E-state index is 0.0120. The fourth-order valence-corrected chi connectivity index (χ4v) is 3.68. The maximum atomic E-state index is 12.9. The molecule has 5 nitrogen and oxygen atoms in total. The second kappa shape index (κ2) is 11.0. The molecule has 174 valence electrons. The maximum absolute atomic E-state index is 12.9. The van der Waals surface area contributed by atoms with Gasteiger partial charge >= 0.3 is 0 Å². The molecule has 0 atom stereocenters. The zero-order chi connectivity index (χ0) is 24.6. The summed E-state index contributed by atoms with van der Waals surface area (Å²) in [6.45, 7) is 4.88. The summed E-state index contributed by atoms with van der Waals surface area (Å²) in [4.78, 5) is 12.9. The first-order valence-electron chi connectivity index (χ1n) is 11.4. The van der Waals surface area contributed by atoms with Crippen molar-refractivity contribution in [2.45, 2.75) is 20.5 Å². The van der Waals surface area contributed by atoms with E-state index in [1.54, 1.807) is 30.3 Å². The molecule has 0 spiro atoms. The number of nitrogens with zero attached hydrogens (tertiary/aromatic N) is 1. The van der Waals surface area contributed by atoms with Crippen LogP contribution in [-0.2, 0) is 11.4 Å². The Labute approximate surface area is 205 Å². The summed E-state index contributed by atoms with van der Waals surface area (Å²) < 4.78 is 11.6. The number of anilines is 1. The van der Waals surface area contributed by atoms with E-state index in [9.17, 15) is 10.1 Å². The second-order valence-electron chi connectivity index (χ2n) is 8.05. The average Bonchev–Trinajstić information content (AvgIpc) is 2.88. The minimum Gasteiger partial charge on any atom is -0.493 e. The molecular formula is C30H26N2O3. The molecule has 4 aromatic rings. The number of hydrogen-bond acceptors (Lipinski definition) is 4. The van der Waals surface area contributed by atoms with Gasteiger partial charge in [0.2, 0.25) is 0 Å². The molecule has 0 aliphatic heterocycles. The third-order valence-electron chi connectivity index (χ3n) is 5.52. The van der Waals surface area contributed by atoms with Crippen LogP contribution in [-0.4, -0.2) is 12.5 Å². The third-order valence-corrected chi connectivity index (χ3v) is 5.52. The van der Waals surface area contributed by atoms with Crippen LogP contribution in [0.25, 0.3) is 16.8 Å². The third kappa shape index (κ3) is 5.87. The normalized spacial score (nSPS) is 11.1. The molecule has 0 aliphatic carbocycles. The van der Waals surface area contributed by atoms with Crippen LogP contribution in [0.3, 0.4) is 0 Å². The smallest absolute Gasteiger partial charge is 0.266 e. The number of carbonyl (C=O) groups is 1. The lowest BCUT2D eigenvalue weighted by Crippen LogP contribution is -2.13. The molecular weight excluding hydrogens is 436 g/mol. The van der Waals surface area contributed by atoms with E-state index in [1.165, 1.54) is 5.56 Å². The maximum Gasteiger partial charge on any atom is 0.266 e. The van der Waals surface area contributed by atoms with Gasteiger partial charge in [0.15, 0.2) is 0 Å². The van der Waals surface area contributed by atoms with Crippen molar-refractivity contribution in [2.24, 2.45) is 0 Å². The molecule has 0 saturated heterocycles. The van der Waals surface area contributed by atoms with Gasteiger partial charge in [0.1, 0.15) is 29.7 Å². The first-order valence-corrected chi connectivity index (χ1v) is 11.4. The van der Waals surface area contributed by atoms with Gasteiger partial charge in [0.05, 0.1) is 6.61 Å². The standard InChI is InChI=1S/C30H26N2O3/c1-3-34-29-17-12-23-6-4-5-7-27(23)28(29)18-24(19-31)30(33)32-25-13-15-26(16-14-25)35-20-22-10-8-21(2)9-11-22/h4-18H,3,20H2,1-2H3,(H,32,33)/b24-18+. The molecule has 1 amide bonds. The van der Waals surface area contributed by atoms with Crippen LogP contribution in [0.2, 0.25) is 0 Å². The van der Waals surface area contributed by atoms with Crippen LogP contribution in [0.1, 0.15) is 23.6 Å². The van der Waals surface area contributed by atoms with Crippen LogP contribution in [0.5, 0.6) is 11.5 Å². The highest BCUT2D eigenvalue weighted by molar-refractivity contribution is 6.11. The summed E-state index contributed by atoms with van der Waals surface area (Å²) in [7, 11) is 0. The van der Waals surface area contributed by atoms with Gasteiger partial charge in [-0.3, -0.25) is 4.79 Å². The number of rotatable bonds is 8. The molecule has 0 radical (unpaired) electrons. The largest absolute Gasteiger partial charge is 0.493 e. The van der Waals surface area contributed by atoms with Crippen molar-refractivity contribution >= 4 is 28.4 Å². The lowest BCUT2D eigenvalue weighted by molar-refractivity contribution is -0.112. The minimum atomic E-state index is -0.490. The molecule has 35 heavy (non-hydrogen) atoms. The number of carbonyl (C=O) groups excluding carboxylic acids is 1. The Bertz CT molecular complexity index is 1400. The molecule has 1 N–H and O–H groups in total. The zero-order valence-corrected chi connectivity index (χ0v) is 19.7. The number of amides is 1. The average molecular weight is 463 g/mol. The van der Waals surface area contributed by atoms with Crippen molar-refractivity contribution in [1.29, 1.82) is 5.26 Å². The fourth-order valence-electron chi connectivity index (χ4n) is 3.68. The van der Waals surface area contributed by atoms with Gasteiger partial charge < -0.3 is 14.8 Å². The number of fused-ring (bicyclic) bond motifs is 1. The molecule has 0 aliphatic rings. The van der Waals surface area contributed by atoms with Crippen molar-refractivity contribution in [1.82, 2.24) is 0 Å². The molecule has 4 rings (SSSR count). The number of nitrogens with one attached hydrogen (secondary N) is 1. The molecule has 4 aromatic carbocycles. The number of hydrogen-bond donors (Lipinski definition) is 1. The molecule has 0 saturated carbocycles. The summed E-state index contributed by atoms with van der Waals surface area (Å²) >= 11 is 0. The fraction of sp³-hybridized carbons (Fsp3) is 0.133. The summed E-state index contributed by atoms with van der Waals surface area (Å²) in [5.41, 5.74) is 3.55. The predicted octanol–water partition coefficient (Wildman–Crippen LogP) is 6.67. The highest BCUT2D eigenvalue weighted by Gasteiger charge is 2.14. The Morgan fingerprint density at radius 3 is 2.40 bits per heavy atom. The van der Waals surface area contributed by atoms with Crippen LogP contribution >= 0.6 is 0 Å². The van der Waals surface area contributed by atoms with Gasteiger partial charge in [-0.1, -0.05) is 60.2 Å². The highest BCUT2D eigenvalue weighted by atomic mass is 16.5. The van der Waals surface area contributed by atoms with Gasteiger partial charge in [-0.2, -0.15) is 5.26 Å². The summed E-state index contributed by atoms with van der Waals surface area (Å²) in [5.74, 6) is 0.828. The predicted molar refractivity (Wildman–Crippen MR) is 139 cm³/mol. The lowest BCUT2D eigenvalue weighted by Gasteiger charge is -2.12. The molecule has 0 unspecified atom stereocenters. The van der Waals surface area contributed by atoms with E-state index in [2.05, 4.69) is 5.32 Å². The van der Waals surface area contributed by atoms with Crippen molar-refractivity contribution in [3.05, 3.63) is 107 Å². The van der Waals surface area contributed by atoms with E-state index in [4.69, 9.17) is 9.47 Å². The van der Waals surface area contributed by atoms with E-state index in [1.807, 2.05) is 80.6 Å². The van der Waals surface area contributed by atoms with Gasteiger partial charge in [-0.05, 0) is 66.6 Å². The van der Waals surface area contributed by atoms with E-state index in [0.717, 1.165) is 16.3 Å². The number of nitriles is 1. The zero-order valence-electron chi connectivity index (χ0n) is 19.7. The molecule has 5 heteroatoms. The van der Waals surface area contributed by atoms with Gasteiger partial charge in [0, 0.05) is 11.3 Å². The first kappa shape index (κ1) is 23.6. The number of aryl methyl sites for hydroxylation is 1. The first-order chi connectivity index (χ1) is 17.1. The highest BCUT2D eigenvalue weighted by Crippen LogP contribution is 2.30. The summed E-state index contributed by atoms with van der Waals surface area (Å²) in [6.07, 6.45) is 1.59. The Morgan fingerprint density at radius 1 is 0.943 bits per heavy atom. The van der Waals surface area contributed by atoms with Crippen LogP contribution in [0.4, 0.5) is 5.69 Å². The number of benzene rings is 4. The van der Waals surface area contributed by atoms with E-state index < -0.39 is 5.91 Å². The van der Waals surface area contributed by atoms with Crippen LogP contribution in [0, 0.1) is 18.3 Å². The summed E-state index contributed by atoms with van der Waals surface area (Å²) in [5, 5.41) is 14.4. The second-order valence-corrected chi connectivity index (χ2v) is 8.05.